The van der Waals surface area contributed by atoms with Gasteiger partial charge in [0.05, 0.1) is 16.6 Å². The maximum Gasteiger partial charge on any atom is 0.260 e. The summed E-state index contributed by atoms with van der Waals surface area (Å²) in [5.74, 6) is -0.174. The first-order chi connectivity index (χ1) is 11.0. The van der Waals surface area contributed by atoms with Gasteiger partial charge in [0.25, 0.3) is 5.91 Å². The molecule has 2 amide bonds. The van der Waals surface area contributed by atoms with E-state index in [0.717, 1.165) is 0 Å². The Morgan fingerprint density at radius 3 is 2.70 bits per heavy atom. The van der Waals surface area contributed by atoms with Crippen LogP contribution in [-0.2, 0) is 4.79 Å². The van der Waals surface area contributed by atoms with E-state index in [1.807, 2.05) is 0 Å². The molecule has 1 N–H and O–H groups in total. The number of nitrogens with zero attached hydrogens (tertiary/aromatic N) is 2. The lowest BCUT2D eigenvalue weighted by Gasteiger charge is -2.26. The van der Waals surface area contributed by atoms with Gasteiger partial charge in [-0.1, -0.05) is 34.4 Å². The van der Waals surface area contributed by atoms with Crippen molar-refractivity contribution in [2.45, 2.75) is 6.92 Å². The van der Waals surface area contributed by atoms with Crippen molar-refractivity contribution >= 4 is 35.0 Å². The number of halogens is 2. The van der Waals surface area contributed by atoms with Gasteiger partial charge in [0.1, 0.15) is 17.0 Å². The molecule has 1 aromatic heterocycles. The molecule has 0 saturated carbocycles. The molecule has 0 radical (unpaired) electrons. The molecule has 0 spiro atoms. The summed E-state index contributed by atoms with van der Waals surface area (Å²) in [7, 11) is 0. The van der Waals surface area contributed by atoms with Crippen LogP contribution in [-0.4, -0.2) is 41.5 Å². The second-order valence-electron chi connectivity index (χ2n) is 5.14. The number of benzene rings is 1. The third-order valence-corrected chi connectivity index (χ3v) is 4.23. The third kappa shape index (κ3) is 2.92. The Balaban J connectivity index is 2.06. The van der Waals surface area contributed by atoms with Crippen LogP contribution in [0.25, 0.3) is 11.3 Å². The van der Waals surface area contributed by atoms with E-state index in [2.05, 4.69) is 10.5 Å². The molecule has 0 atom stereocenters. The van der Waals surface area contributed by atoms with Crippen molar-refractivity contribution in [2.24, 2.45) is 0 Å². The molecule has 1 saturated heterocycles. The van der Waals surface area contributed by atoms with E-state index in [1.165, 1.54) is 4.90 Å². The van der Waals surface area contributed by atoms with Gasteiger partial charge < -0.3 is 14.7 Å². The van der Waals surface area contributed by atoms with Crippen LogP contribution >= 0.6 is 23.2 Å². The molecule has 2 aromatic rings. The summed E-state index contributed by atoms with van der Waals surface area (Å²) in [6.45, 7) is 2.47. The highest BCUT2D eigenvalue weighted by Crippen LogP contribution is 2.37. The van der Waals surface area contributed by atoms with Crippen LogP contribution in [0.3, 0.4) is 0 Å². The lowest BCUT2D eigenvalue weighted by Crippen LogP contribution is -2.50. The summed E-state index contributed by atoms with van der Waals surface area (Å²) < 4.78 is 5.18. The Morgan fingerprint density at radius 1 is 1.35 bits per heavy atom. The Labute approximate surface area is 142 Å². The van der Waals surface area contributed by atoms with Gasteiger partial charge >= 0.3 is 0 Å². The van der Waals surface area contributed by atoms with Gasteiger partial charge in [0.15, 0.2) is 0 Å². The number of piperazine rings is 1. The molecule has 1 aliphatic rings. The minimum atomic E-state index is -0.329. The van der Waals surface area contributed by atoms with Crippen molar-refractivity contribution < 1.29 is 14.1 Å². The van der Waals surface area contributed by atoms with E-state index in [-0.39, 0.29) is 29.6 Å². The minimum absolute atomic E-state index is 0.000846. The fourth-order valence-electron chi connectivity index (χ4n) is 2.49. The van der Waals surface area contributed by atoms with E-state index in [0.29, 0.717) is 34.5 Å². The zero-order valence-corrected chi connectivity index (χ0v) is 13.7. The van der Waals surface area contributed by atoms with E-state index in [4.69, 9.17) is 27.7 Å². The fraction of sp³-hybridized carbons (Fsp3) is 0.267. The predicted octanol–water partition coefficient (Wildman–Crippen LogP) is 2.53. The van der Waals surface area contributed by atoms with Crippen molar-refractivity contribution in [3.05, 3.63) is 39.6 Å². The second-order valence-corrected chi connectivity index (χ2v) is 5.95. The quantitative estimate of drug-likeness (QED) is 0.899. The number of aromatic nitrogens is 1. The summed E-state index contributed by atoms with van der Waals surface area (Å²) in [4.78, 5) is 25.8. The van der Waals surface area contributed by atoms with Gasteiger partial charge in [0, 0.05) is 18.7 Å². The summed E-state index contributed by atoms with van der Waals surface area (Å²) >= 11 is 12.4. The summed E-state index contributed by atoms with van der Waals surface area (Å²) in [5.41, 5.74) is 1.00. The molecule has 6 nitrogen and oxygen atoms in total. The van der Waals surface area contributed by atoms with Crippen molar-refractivity contribution in [3.63, 3.8) is 0 Å². The van der Waals surface area contributed by atoms with Crippen LogP contribution in [0.2, 0.25) is 10.0 Å². The average Bonchev–Trinajstić information content (AvgIpc) is 2.88. The van der Waals surface area contributed by atoms with Crippen molar-refractivity contribution in [1.29, 1.82) is 0 Å². The van der Waals surface area contributed by atoms with Crippen molar-refractivity contribution in [2.75, 3.05) is 19.6 Å². The highest BCUT2D eigenvalue weighted by Gasteiger charge is 2.30. The molecule has 3 rings (SSSR count). The lowest BCUT2D eigenvalue weighted by molar-refractivity contribution is -0.123. The number of hydrogen-bond donors (Lipinski definition) is 1. The van der Waals surface area contributed by atoms with Crippen LogP contribution < -0.4 is 5.32 Å². The number of amides is 2. The number of carbonyl (C=O) groups excluding carboxylic acids is 2. The molecule has 2 heterocycles. The standard InChI is InChI=1S/C15H13Cl2N3O3/c1-8-12(15(22)20-6-5-18-11(21)7-20)14(19-23-8)13-9(16)3-2-4-10(13)17/h2-4H,5-7H2,1H3,(H,18,21). The average molecular weight is 354 g/mol. The zero-order chi connectivity index (χ0) is 16.6. The monoisotopic (exact) mass is 353 g/mol. The Kier molecular flexibility index (Phi) is 4.28. The number of nitrogens with one attached hydrogen (secondary N) is 1. The normalized spacial score (nSPS) is 14.7. The lowest BCUT2D eigenvalue weighted by atomic mass is 10.0. The maximum atomic E-state index is 12.8. The van der Waals surface area contributed by atoms with Crippen LogP contribution in [0.5, 0.6) is 0 Å². The number of rotatable bonds is 2. The van der Waals surface area contributed by atoms with E-state index in [9.17, 15) is 9.59 Å². The van der Waals surface area contributed by atoms with E-state index >= 15 is 0 Å². The highest BCUT2D eigenvalue weighted by molar-refractivity contribution is 6.39. The first-order valence-corrected chi connectivity index (χ1v) is 7.71. The SMILES string of the molecule is Cc1onc(-c2c(Cl)cccc2Cl)c1C(=O)N1CCNC(=O)C1. The molecule has 0 unspecified atom stereocenters. The molecule has 8 heteroatoms. The highest BCUT2D eigenvalue weighted by atomic mass is 35.5. The van der Waals surface area contributed by atoms with E-state index in [1.54, 1.807) is 25.1 Å². The second kappa shape index (κ2) is 6.22. The largest absolute Gasteiger partial charge is 0.360 e. The predicted molar refractivity (Wildman–Crippen MR) is 85.6 cm³/mol. The summed E-state index contributed by atoms with van der Waals surface area (Å²) in [5, 5.41) is 7.37. The number of aryl methyl sites for hydroxylation is 1. The molecule has 0 bridgehead atoms. The minimum Gasteiger partial charge on any atom is -0.360 e. The first-order valence-electron chi connectivity index (χ1n) is 6.95. The first kappa shape index (κ1) is 15.8. The Bertz CT molecular complexity index is 768. The van der Waals surface area contributed by atoms with Crippen LogP contribution in [0.1, 0.15) is 16.1 Å². The molecule has 1 aromatic carbocycles. The third-order valence-electron chi connectivity index (χ3n) is 3.60. The van der Waals surface area contributed by atoms with E-state index < -0.39 is 0 Å². The van der Waals surface area contributed by atoms with Crippen molar-refractivity contribution in [3.8, 4) is 11.3 Å². The summed E-state index contributed by atoms with van der Waals surface area (Å²) in [6, 6.07) is 5.03. The van der Waals surface area contributed by atoms with Gasteiger partial charge in [-0.05, 0) is 19.1 Å². The Morgan fingerprint density at radius 2 is 2.04 bits per heavy atom. The smallest absolute Gasteiger partial charge is 0.260 e. The topological polar surface area (TPSA) is 75.4 Å². The van der Waals surface area contributed by atoms with Crippen LogP contribution in [0.4, 0.5) is 0 Å². The molecular weight excluding hydrogens is 341 g/mol. The maximum absolute atomic E-state index is 12.8. The van der Waals surface area contributed by atoms with Gasteiger partial charge in [0.2, 0.25) is 5.91 Å². The molecular formula is C15H13Cl2N3O3. The van der Waals surface area contributed by atoms with Gasteiger partial charge in [-0.25, -0.2) is 0 Å². The molecule has 1 aliphatic heterocycles. The Hall–Kier alpha value is -2.05. The van der Waals surface area contributed by atoms with Crippen LogP contribution in [0, 0.1) is 6.92 Å². The molecule has 120 valence electrons. The zero-order valence-electron chi connectivity index (χ0n) is 12.2. The number of carbonyl (C=O) groups is 2. The molecule has 23 heavy (non-hydrogen) atoms. The summed E-state index contributed by atoms with van der Waals surface area (Å²) in [6.07, 6.45) is 0. The van der Waals surface area contributed by atoms with Gasteiger partial charge in [-0.2, -0.15) is 0 Å². The molecule has 0 aliphatic carbocycles. The van der Waals surface area contributed by atoms with Gasteiger partial charge in [-0.3, -0.25) is 9.59 Å². The number of hydrogen-bond acceptors (Lipinski definition) is 4. The molecule has 1 fully saturated rings. The fourth-order valence-corrected chi connectivity index (χ4v) is 3.07. The van der Waals surface area contributed by atoms with Crippen LogP contribution in [0.15, 0.2) is 22.7 Å². The van der Waals surface area contributed by atoms with Gasteiger partial charge in [-0.15, -0.1) is 0 Å². The van der Waals surface area contributed by atoms with Crippen molar-refractivity contribution in [1.82, 2.24) is 15.4 Å².